The minimum atomic E-state index is -0.170. The molecule has 0 radical (unpaired) electrons. The molecule has 3 fully saturated rings. The Morgan fingerprint density at radius 3 is 2.53 bits per heavy atom. The van der Waals surface area contributed by atoms with Crippen LogP contribution in [0.5, 0.6) is 0 Å². The number of aliphatic hydroxyl groups is 2. The Morgan fingerprint density at radius 2 is 1.80 bits per heavy atom. The van der Waals surface area contributed by atoms with Crippen LogP contribution in [0.15, 0.2) is 0 Å². The zero-order valence-corrected chi connectivity index (χ0v) is 9.74. The minimum absolute atomic E-state index is 0.0256. The number of aliphatic hydroxyl groups excluding tert-OH is 2. The van der Waals surface area contributed by atoms with E-state index in [-0.39, 0.29) is 23.0 Å². The molecule has 2 nitrogen and oxygen atoms in total. The van der Waals surface area contributed by atoms with Crippen molar-refractivity contribution in [3.8, 4) is 0 Å². The maximum Gasteiger partial charge on any atom is 0.0632 e. The van der Waals surface area contributed by atoms with Crippen LogP contribution in [0.25, 0.3) is 0 Å². The fraction of sp³-hybridized carbons (Fsp3) is 1.00. The monoisotopic (exact) mass is 210 g/mol. The first-order valence-electron chi connectivity index (χ1n) is 6.37. The van der Waals surface area contributed by atoms with Crippen molar-refractivity contribution in [3.63, 3.8) is 0 Å². The highest BCUT2D eigenvalue weighted by atomic mass is 16.3. The molecule has 0 saturated heterocycles. The van der Waals surface area contributed by atoms with Crippen LogP contribution in [0.2, 0.25) is 0 Å². The molecule has 0 aliphatic heterocycles. The molecule has 0 aromatic carbocycles. The molecule has 3 aliphatic rings. The lowest BCUT2D eigenvalue weighted by molar-refractivity contribution is -0.0490. The van der Waals surface area contributed by atoms with Gasteiger partial charge >= 0.3 is 0 Å². The van der Waals surface area contributed by atoms with Gasteiger partial charge in [0.1, 0.15) is 0 Å². The topological polar surface area (TPSA) is 40.5 Å². The Balaban J connectivity index is 2.10. The molecule has 2 N–H and O–H groups in total. The Labute approximate surface area is 91.7 Å². The third kappa shape index (κ3) is 0.938. The van der Waals surface area contributed by atoms with Crippen molar-refractivity contribution in [2.75, 3.05) is 0 Å². The summed E-state index contributed by atoms with van der Waals surface area (Å²) in [4.78, 5) is 0. The predicted octanol–water partition coefficient (Wildman–Crippen LogP) is 1.94. The van der Waals surface area contributed by atoms with Gasteiger partial charge in [-0.1, -0.05) is 26.7 Å². The fourth-order valence-corrected chi connectivity index (χ4v) is 5.15. The molecule has 0 amide bonds. The van der Waals surface area contributed by atoms with Crippen molar-refractivity contribution >= 4 is 0 Å². The van der Waals surface area contributed by atoms with Crippen LogP contribution in [0, 0.1) is 22.7 Å². The third-order valence-electron chi connectivity index (χ3n) is 6.09. The molecule has 0 aromatic rings. The van der Waals surface area contributed by atoms with Gasteiger partial charge in [0.15, 0.2) is 0 Å². The molecule has 0 aromatic heterocycles. The molecule has 2 heteroatoms. The van der Waals surface area contributed by atoms with Gasteiger partial charge in [0.2, 0.25) is 0 Å². The first-order valence-corrected chi connectivity index (χ1v) is 6.37. The first-order chi connectivity index (χ1) is 7.01. The van der Waals surface area contributed by atoms with E-state index < -0.39 is 0 Å². The highest BCUT2D eigenvalue weighted by Crippen LogP contribution is 2.71. The Bertz CT molecular complexity index is 290. The predicted molar refractivity (Wildman–Crippen MR) is 58.3 cm³/mol. The summed E-state index contributed by atoms with van der Waals surface area (Å²) >= 11 is 0. The summed E-state index contributed by atoms with van der Waals surface area (Å²) < 4.78 is 0. The third-order valence-corrected chi connectivity index (χ3v) is 6.09. The van der Waals surface area contributed by atoms with Crippen molar-refractivity contribution in [1.82, 2.24) is 0 Å². The second kappa shape index (κ2) is 2.78. The van der Waals surface area contributed by atoms with Gasteiger partial charge in [-0.15, -0.1) is 0 Å². The number of rotatable bonds is 0. The van der Waals surface area contributed by atoms with E-state index in [2.05, 4.69) is 13.8 Å². The Morgan fingerprint density at radius 1 is 1.07 bits per heavy atom. The van der Waals surface area contributed by atoms with E-state index in [1.807, 2.05) is 0 Å². The van der Waals surface area contributed by atoms with E-state index in [4.69, 9.17) is 0 Å². The molecule has 0 spiro atoms. The van der Waals surface area contributed by atoms with Crippen molar-refractivity contribution in [2.45, 2.75) is 58.2 Å². The first kappa shape index (κ1) is 10.1. The van der Waals surface area contributed by atoms with Crippen molar-refractivity contribution in [3.05, 3.63) is 0 Å². The van der Waals surface area contributed by atoms with Crippen molar-refractivity contribution in [1.29, 1.82) is 0 Å². The van der Waals surface area contributed by atoms with E-state index in [1.54, 1.807) is 0 Å². The van der Waals surface area contributed by atoms with Gasteiger partial charge in [0.25, 0.3) is 0 Å². The van der Waals surface area contributed by atoms with E-state index in [0.29, 0.717) is 11.8 Å². The maximum atomic E-state index is 10.4. The summed E-state index contributed by atoms with van der Waals surface area (Å²) in [6.45, 7) is 4.51. The largest absolute Gasteiger partial charge is 0.393 e. The van der Waals surface area contributed by atoms with Gasteiger partial charge in [-0.25, -0.2) is 0 Å². The molecule has 86 valence electrons. The lowest BCUT2D eigenvalue weighted by Gasteiger charge is -2.40. The average Bonchev–Trinajstić information content (AvgIpc) is 2.43. The summed E-state index contributed by atoms with van der Waals surface area (Å²) in [6.07, 6.45) is 5.30. The Kier molecular flexibility index (Phi) is 1.87. The zero-order valence-electron chi connectivity index (χ0n) is 9.74. The summed E-state index contributed by atoms with van der Waals surface area (Å²) in [5.41, 5.74) is 0.162. The summed E-state index contributed by atoms with van der Waals surface area (Å²) in [7, 11) is 0. The highest BCUT2D eigenvalue weighted by Gasteiger charge is 2.70. The summed E-state index contributed by atoms with van der Waals surface area (Å²) in [5, 5.41) is 20.6. The molecule has 3 aliphatic carbocycles. The van der Waals surface area contributed by atoms with E-state index >= 15 is 0 Å². The molecular weight excluding hydrogens is 188 g/mol. The van der Waals surface area contributed by atoms with Gasteiger partial charge < -0.3 is 10.2 Å². The number of hydrogen-bond acceptors (Lipinski definition) is 2. The van der Waals surface area contributed by atoms with E-state index in [9.17, 15) is 10.2 Å². The maximum absolute atomic E-state index is 10.4. The van der Waals surface area contributed by atoms with E-state index in [0.717, 1.165) is 12.8 Å². The smallest absolute Gasteiger partial charge is 0.0632 e. The molecule has 6 unspecified atom stereocenters. The molecule has 3 saturated carbocycles. The lowest BCUT2D eigenvalue weighted by atomic mass is 9.65. The van der Waals surface area contributed by atoms with Crippen LogP contribution < -0.4 is 0 Å². The lowest BCUT2D eigenvalue weighted by Crippen LogP contribution is -2.41. The average molecular weight is 210 g/mol. The van der Waals surface area contributed by atoms with Gasteiger partial charge in [-0.3, -0.25) is 0 Å². The summed E-state index contributed by atoms with van der Waals surface area (Å²) in [6, 6.07) is 0. The second-order valence-corrected chi connectivity index (χ2v) is 6.49. The fourth-order valence-electron chi connectivity index (χ4n) is 5.15. The normalized spacial score (nSPS) is 63.2. The highest BCUT2D eigenvalue weighted by molar-refractivity contribution is 5.19. The standard InChI is InChI=1S/C13H22O2/c1-12-6-4-3-5-8-10(12)9(14)7-13(12,2)11(8)15/h8-11,14-15H,3-7H2,1-2H3. The second-order valence-electron chi connectivity index (χ2n) is 6.49. The minimum Gasteiger partial charge on any atom is -0.393 e. The molecule has 0 heterocycles. The van der Waals surface area contributed by atoms with Crippen molar-refractivity contribution in [2.24, 2.45) is 22.7 Å². The summed E-state index contributed by atoms with van der Waals surface area (Å²) in [5.74, 6) is 0.728. The van der Waals surface area contributed by atoms with Crippen LogP contribution in [-0.2, 0) is 0 Å². The van der Waals surface area contributed by atoms with Gasteiger partial charge in [-0.05, 0) is 36.5 Å². The van der Waals surface area contributed by atoms with Crippen LogP contribution >= 0.6 is 0 Å². The SMILES string of the molecule is CC12CC(O)C3C(CCCCC31C)C2O. The molecule has 15 heavy (non-hydrogen) atoms. The van der Waals surface area contributed by atoms with E-state index in [1.165, 1.54) is 19.3 Å². The van der Waals surface area contributed by atoms with Crippen LogP contribution in [0.1, 0.15) is 46.0 Å². The molecule has 6 atom stereocenters. The number of hydrogen-bond donors (Lipinski definition) is 2. The van der Waals surface area contributed by atoms with Gasteiger partial charge in [-0.2, -0.15) is 0 Å². The van der Waals surface area contributed by atoms with Crippen LogP contribution in [-0.4, -0.2) is 22.4 Å². The molecule has 3 rings (SSSR count). The molecule has 4 bridgehead atoms. The molecular formula is C13H22O2. The Hall–Kier alpha value is -0.0800. The zero-order chi connectivity index (χ0) is 10.8. The van der Waals surface area contributed by atoms with Gasteiger partial charge in [0, 0.05) is 5.41 Å². The quantitative estimate of drug-likeness (QED) is 0.641. The van der Waals surface area contributed by atoms with Crippen LogP contribution in [0.4, 0.5) is 0 Å². The van der Waals surface area contributed by atoms with Crippen LogP contribution in [0.3, 0.4) is 0 Å². The van der Waals surface area contributed by atoms with Crippen molar-refractivity contribution < 1.29 is 10.2 Å². The van der Waals surface area contributed by atoms with Gasteiger partial charge in [0.05, 0.1) is 12.2 Å².